The van der Waals surface area contributed by atoms with E-state index in [1.165, 1.54) is 17.0 Å². The fourth-order valence-electron chi connectivity index (χ4n) is 3.23. The maximum atomic E-state index is 13.5. The molecule has 0 radical (unpaired) electrons. The third-order valence-electron chi connectivity index (χ3n) is 4.53. The molecule has 1 N–H and O–H groups in total. The van der Waals surface area contributed by atoms with E-state index >= 15 is 0 Å². The molecule has 3 heterocycles. The molecule has 0 spiro atoms. The Morgan fingerprint density at radius 2 is 2.00 bits per heavy atom. The first-order valence-corrected chi connectivity index (χ1v) is 7.94. The summed E-state index contributed by atoms with van der Waals surface area (Å²) in [6, 6.07) is 6.35. The molecule has 0 unspecified atom stereocenters. The lowest BCUT2D eigenvalue weighted by Crippen LogP contribution is -2.35. The van der Waals surface area contributed by atoms with Crippen LogP contribution in [0.1, 0.15) is 27.3 Å². The average molecular weight is 363 g/mol. The fraction of sp³-hybridized carbons (Fsp3) is 0.222. The molecule has 26 heavy (non-hydrogen) atoms. The number of fused-ring (bicyclic) bond motifs is 3. The summed E-state index contributed by atoms with van der Waals surface area (Å²) in [5.41, 5.74) is 1.62. The quantitative estimate of drug-likeness (QED) is 0.666. The van der Waals surface area contributed by atoms with Crippen LogP contribution < -0.4 is 0 Å². The van der Waals surface area contributed by atoms with Crippen LogP contribution in [0.4, 0.5) is 17.6 Å². The number of aromatic amines is 1. The van der Waals surface area contributed by atoms with Gasteiger partial charge in [0.1, 0.15) is 11.5 Å². The molecule has 4 nitrogen and oxygen atoms in total. The van der Waals surface area contributed by atoms with Crippen LogP contribution in [0.25, 0.3) is 10.9 Å². The summed E-state index contributed by atoms with van der Waals surface area (Å²) in [7, 11) is 0. The number of carbonyl (C=O) groups excluding carboxylic acids is 1. The van der Waals surface area contributed by atoms with E-state index in [0.717, 1.165) is 35.1 Å². The maximum Gasteiger partial charge on any atom is 0.433 e. The summed E-state index contributed by atoms with van der Waals surface area (Å²) in [6.45, 7) is 0.681. The third-order valence-corrected chi connectivity index (χ3v) is 4.53. The van der Waals surface area contributed by atoms with E-state index in [9.17, 15) is 22.4 Å². The summed E-state index contributed by atoms with van der Waals surface area (Å²) in [4.78, 5) is 20.7. The normalized spacial score (nSPS) is 14.5. The zero-order valence-electron chi connectivity index (χ0n) is 13.4. The number of nitrogens with one attached hydrogen (secondary N) is 1. The molecule has 1 aromatic carbocycles. The molecule has 0 bridgehead atoms. The van der Waals surface area contributed by atoms with Crippen molar-refractivity contribution in [1.82, 2.24) is 14.9 Å². The van der Waals surface area contributed by atoms with Crippen LogP contribution >= 0.6 is 0 Å². The highest BCUT2D eigenvalue weighted by Gasteiger charge is 2.32. The lowest BCUT2D eigenvalue weighted by molar-refractivity contribution is -0.141. The number of nitrogens with zero attached hydrogens (tertiary/aromatic N) is 2. The van der Waals surface area contributed by atoms with Gasteiger partial charge in [-0.3, -0.25) is 9.78 Å². The molecule has 8 heteroatoms. The summed E-state index contributed by atoms with van der Waals surface area (Å²) in [5.74, 6) is -0.766. The van der Waals surface area contributed by atoms with Gasteiger partial charge in [-0.15, -0.1) is 0 Å². The highest BCUT2D eigenvalue weighted by Crippen LogP contribution is 2.30. The molecule has 1 aliphatic rings. The predicted molar refractivity (Wildman–Crippen MR) is 85.9 cm³/mol. The largest absolute Gasteiger partial charge is 0.433 e. The van der Waals surface area contributed by atoms with Gasteiger partial charge >= 0.3 is 6.18 Å². The zero-order chi connectivity index (χ0) is 18.5. The smallest absolute Gasteiger partial charge is 0.358 e. The van der Waals surface area contributed by atoms with E-state index in [0.29, 0.717) is 18.4 Å². The fourth-order valence-corrected chi connectivity index (χ4v) is 3.23. The van der Waals surface area contributed by atoms with Crippen molar-refractivity contribution < 1.29 is 22.4 Å². The molecule has 0 aliphatic carbocycles. The Kier molecular flexibility index (Phi) is 3.71. The zero-order valence-corrected chi connectivity index (χ0v) is 13.4. The molecule has 0 atom stereocenters. The number of H-pyrrole nitrogens is 1. The second kappa shape index (κ2) is 5.82. The first kappa shape index (κ1) is 16.6. The molecule has 0 saturated heterocycles. The first-order chi connectivity index (χ1) is 12.3. The van der Waals surface area contributed by atoms with Crippen LogP contribution in [0.15, 0.2) is 36.5 Å². The van der Waals surface area contributed by atoms with Gasteiger partial charge in [-0.2, -0.15) is 13.2 Å². The van der Waals surface area contributed by atoms with E-state index in [4.69, 9.17) is 0 Å². The van der Waals surface area contributed by atoms with Gasteiger partial charge in [0.2, 0.25) is 0 Å². The van der Waals surface area contributed by atoms with Crippen molar-refractivity contribution in [3.63, 3.8) is 0 Å². The van der Waals surface area contributed by atoms with Gasteiger partial charge in [0.05, 0.1) is 5.56 Å². The van der Waals surface area contributed by atoms with Crippen LogP contribution in [-0.2, 0) is 19.1 Å². The molecule has 0 saturated carbocycles. The highest BCUT2D eigenvalue weighted by molar-refractivity contribution is 5.94. The molecule has 4 rings (SSSR count). The molecule has 1 aliphatic heterocycles. The van der Waals surface area contributed by atoms with E-state index in [1.807, 2.05) is 0 Å². The molecule has 0 fully saturated rings. The minimum Gasteiger partial charge on any atom is -0.358 e. The summed E-state index contributed by atoms with van der Waals surface area (Å²) in [5, 5.41) is 0.711. The number of alkyl halides is 3. The third kappa shape index (κ3) is 2.81. The number of pyridine rings is 1. The summed E-state index contributed by atoms with van der Waals surface area (Å²) < 4.78 is 51.3. The van der Waals surface area contributed by atoms with Crippen LogP contribution in [0.5, 0.6) is 0 Å². The summed E-state index contributed by atoms with van der Waals surface area (Å²) in [6.07, 6.45) is -3.04. The number of rotatable bonds is 1. The first-order valence-electron chi connectivity index (χ1n) is 7.94. The van der Waals surface area contributed by atoms with Crippen molar-refractivity contribution >= 4 is 16.8 Å². The Labute approximate surface area is 145 Å². The number of aromatic nitrogens is 2. The van der Waals surface area contributed by atoms with Crippen LogP contribution in [0.3, 0.4) is 0 Å². The van der Waals surface area contributed by atoms with Crippen molar-refractivity contribution in [1.29, 1.82) is 0 Å². The van der Waals surface area contributed by atoms with Gasteiger partial charge in [0.15, 0.2) is 0 Å². The molecular formula is C18H13F4N3O. The van der Waals surface area contributed by atoms with Gasteiger partial charge in [-0.1, -0.05) is 0 Å². The lowest BCUT2D eigenvalue weighted by Gasteiger charge is -2.27. The molecule has 1 amide bonds. The van der Waals surface area contributed by atoms with Crippen LogP contribution in [0, 0.1) is 5.82 Å². The van der Waals surface area contributed by atoms with Crippen molar-refractivity contribution in [3.8, 4) is 0 Å². The minimum atomic E-state index is -4.55. The molecular weight excluding hydrogens is 350 g/mol. The molecule has 3 aromatic rings. The highest BCUT2D eigenvalue weighted by atomic mass is 19.4. The van der Waals surface area contributed by atoms with E-state index in [1.54, 1.807) is 6.07 Å². The monoisotopic (exact) mass is 363 g/mol. The molecule has 2 aromatic heterocycles. The van der Waals surface area contributed by atoms with Gasteiger partial charge in [0, 0.05) is 47.9 Å². The van der Waals surface area contributed by atoms with Crippen molar-refractivity contribution in [2.45, 2.75) is 19.1 Å². The molecule has 134 valence electrons. The lowest BCUT2D eigenvalue weighted by atomic mass is 10.0. The topological polar surface area (TPSA) is 49.0 Å². The van der Waals surface area contributed by atoms with Gasteiger partial charge in [0.25, 0.3) is 5.91 Å². The Morgan fingerprint density at radius 3 is 2.69 bits per heavy atom. The second-order valence-electron chi connectivity index (χ2n) is 6.18. The number of benzene rings is 1. The number of halogens is 4. The van der Waals surface area contributed by atoms with Gasteiger partial charge in [-0.05, 0) is 30.3 Å². The number of carbonyl (C=O) groups is 1. The van der Waals surface area contributed by atoms with E-state index in [2.05, 4.69) is 9.97 Å². The average Bonchev–Trinajstić information content (AvgIpc) is 2.97. The van der Waals surface area contributed by atoms with Crippen LogP contribution in [-0.4, -0.2) is 27.3 Å². The van der Waals surface area contributed by atoms with Crippen molar-refractivity contribution in [3.05, 3.63) is 64.9 Å². The predicted octanol–water partition coefficient (Wildman–Crippen LogP) is 3.92. The van der Waals surface area contributed by atoms with E-state index in [-0.39, 0.29) is 17.9 Å². The van der Waals surface area contributed by atoms with Gasteiger partial charge in [-0.25, -0.2) is 4.39 Å². The minimum absolute atomic E-state index is 0.0903. The Morgan fingerprint density at radius 1 is 1.19 bits per heavy atom. The Hall–Kier alpha value is -2.90. The van der Waals surface area contributed by atoms with Crippen molar-refractivity contribution in [2.75, 3.05) is 6.54 Å². The second-order valence-corrected chi connectivity index (χ2v) is 6.18. The van der Waals surface area contributed by atoms with Gasteiger partial charge < -0.3 is 9.88 Å². The Balaban J connectivity index is 1.61. The SMILES string of the molecule is O=C(c1ccc(C(F)(F)F)nc1)N1CCc2[nH]c3ccc(F)cc3c2C1. The van der Waals surface area contributed by atoms with Crippen LogP contribution in [0.2, 0.25) is 0 Å². The Bertz CT molecular complexity index is 992. The number of amides is 1. The summed E-state index contributed by atoms with van der Waals surface area (Å²) >= 11 is 0. The standard InChI is InChI=1S/C18H13F4N3O/c19-11-2-3-14-12(7-11)13-9-25(6-5-15(13)24-14)17(26)10-1-4-16(23-8-10)18(20,21)22/h1-4,7-8,24H,5-6,9H2. The maximum absolute atomic E-state index is 13.5. The number of hydrogen-bond acceptors (Lipinski definition) is 2. The number of hydrogen-bond donors (Lipinski definition) is 1. The van der Waals surface area contributed by atoms with Crippen molar-refractivity contribution in [2.24, 2.45) is 0 Å². The van der Waals surface area contributed by atoms with E-state index < -0.39 is 17.8 Å².